The fourth-order valence-electron chi connectivity index (χ4n) is 26.4. The molecule has 5 aliphatic heterocycles. The van der Waals surface area contributed by atoms with Crippen molar-refractivity contribution in [3.8, 4) is 61.9 Å². The van der Waals surface area contributed by atoms with Crippen molar-refractivity contribution in [2.75, 3.05) is 0 Å². The molecule has 21 aromatic carbocycles. The average Bonchev–Trinajstić information content (AvgIpc) is 1.61. The second kappa shape index (κ2) is 28.6. The fraction of sp³-hybridized carbons (Fsp3) is 0.0455. The Labute approximate surface area is 808 Å². The Bertz CT molecular complexity index is 9760. The summed E-state index contributed by atoms with van der Waals surface area (Å²) in [6.07, 6.45) is 0. The van der Waals surface area contributed by atoms with E-state index in [1.54, 1.807) is 0 Å². The van der Waals surface area contributed by atoms with Crippen molar-refractivity contribution in [1.29, 1.82) is 0 Å². The first kappa shape index (κ1) is 77.8. The minimum absolute atomic E-state index is 0.234. The maximum absolute atomic E-state index is 6.86. The number of ether oxygens (including phenoxy) is 1. The Morgan fingerprint density at radius 2 is 0.507 bits per heavy atom. The lowest BCUT2D eigenvalue weighted by Gasteiger charge is -2.50. The first-order valence-corrected chi connectivity index (χ1v) is 49.2. The van der Waals surface area contributed by atoms with E-state index in [-0.39, 0.29) is 5.41 Å². The molecule has 6 aliphatic rings. The molecule has 1 aliphatic carbocycles. The number of aromatic nitrogens is 3. The molecule has 8 heteroatoms. The van der Waals surface area contributed by atoms with Crippen molar-refractivity contribution in [2.24, 2.45) is 0 Å². The van der Waals surface area contributed by atoms with Crippen LogP contribution in [0.3, 0.4) is 0 Å². The van der Waals surface area contributed by atoms with Gasteiger partial charge in [0.2, 0.25) is 0 Å². The second-order valence-electron chi connectivity index (χ2n) is 38.9. The first-order chi connectivity index (χ1) is 69.2. The van der Waals surface area contributed by atoms with Crippen LogP contribution in [-0.4, -0.2) is 13.7 Å². The molecule has 654 valence electrons. The predicted molar refractivity (Wildman–Crippen MR) is 572 cm³/mol. The van der Waals surface area contributed by atoms with Gasteiger partial charge in [0.1, 0.15) is 45.0 Å². The Hall–Kier alpha value is -17.4. The van der Waals surface area contributed by atoms with Gasteiger partial charge in [0.25, 0.3) is 0 Å². The van der Waals surface area contributed by atoms with Gasteiger partial charge in [-0.2, -0.15) is 0 Å². The third-order valence-electron chi connectivity index (χ3n) is 32.0. The molecule has 0 bridgehead atoms. The molecular formula is C132H81N3O4S. The van der Waals surface area contributed by atoms with Gasteiger partial charge in [-0.05, 0) is 168 Å². The van der Waals surface area contributed by atoms with E-state index in [0.29, 0.717) is 0 Å². The van der Waals surface area contributed by atoms with Crippen molar-refractivity contribution in [2.45, 2.75) is 45.3 Å². The summed E-state index contributed by atoms with van der Waals surface area (Å²) in [5, 5.41) is 14.6. The molecule has 0 radical (unpaired) electrons. The van der Waals surface area contributed by atoms with Gasteiger partial charge in [0.15, 0.2) is 0 Å². The molecule has 27 aromatic rings. The standard InChI is InChI=1S/C46H31NO.C43H25NO2.C43H25NOS/c1-45(2)34-18-5-6-19-35(34)46(36-26-25-28(27-39(36)45)29-15-11-17-33-31-14-4-10-24-42(31)48-44(29)33)37-20-7-9-23-41(37)47-40-22-8-3-13-30(40)32-16-12-21-38(46)43(32)47;1-5-19-36-28(11-1)30-14-10-18-35-41(30)44(36)37-20-6-3-16-32(37)43(35)33-17-4-8-22-39(33)45-40-25-26(23-24-34(40)43)27-13-9-15-31-29-12-2-7-21-38(29)46-42(27)31;1-5-19-36-28(11-1)30-14-10-18-35-41(30)44(36)37-20-6-3-16-32(37)43(35)33-17-4-8-22-39(33)46-40-25-26(23-24-34(40)43)27-13-9-15-31-29-12-2-7-21-38(29)45-42(27)31/h3-27H,1-2H3;2*1-25H. The monoisotopic (exact) mass is 1800 g/mol. The highest BCUT2D eigenvalue weighted by Gasteiger charge is 2.55. The lowest BCUT2D eigenvalue weighted by atomic mass is 9.53. The van der Waals surface area contributed by atoms with Crippen LogP contribution in [0.15, 0.2) is 478 Å². The fourth-order valence-corrected chi connectivity index (χ4v) is 27.6. The summed E-state index contributed by atoms with van der Waals surface area (Å²) in [6, 6.07) is 166. The van der Waals surface area contributed by atoms with E-state index in [9.17, 15) is 0 Å². The van der Waals surface area contributed by atoms with Gasteiger partial charge in [-0.3, -0.25) is 0 Å². The maximum atomic E-state index is 6.86. The molecule has 6 aromatic heterocycles. The molecular weight excluding hydrogens is 1720 g/mol. The summed E-state index contributed by atoms with van der Waals surface area (Å²) >= 11 is 1.88. The average molecular weight is 1810 g/mol. The molecule has 0 fully saturated rings. The Morgan fingerprint density at radius 1 is 0.200 bits per heavy atom. The summed E-state index contributed by atoms with van der Waals surface area (Å²) in [4.78, 5) is 2.58. The molecule has 3 unspecified atom stereocenters. The highest BCUT2D eigenvalue weighted by Crippen LogP contribution is 2.66. The van der Waals surface area contributed by atoms with Crippen LogP contribution in [0.5, 0.6) is 11.5 Å². The summed E-state index contributed by atoms with van der Waals surface area (Å²) in [5.74, 6) is 1.74. The number of para-hydroxylation sites is 16. The molecule has 3 spiro atoms. The van der Waals surface area contributed by atoms with E-state index in [1.807, 2.05) is 36.0 Å². The molecule has 0 saturated heterocycles. The zero-order valence-corrected chi connectivity index (χ0v) is 77.0. The molecule has 33 rings (SSSR count). The summed E-state index contributed by atoms with van der Waals surface area (Å²) in [5.41, 5.74) is 40.0. The summed E-state index contributed by atoms with van der Waals surface area (Å²) < 4.78 is 33.8. The predicted octanol–water partition coefficient (Wildman–Crippen LogP) is 34.3. The molecule has 7 nitrogen and oxygen atoms in total. The van der Waals surface area contributed by atoms with Crippen molar-refractivity contribution in [1.82, 2.24) is 13.7 Å². The van der Waals surface area contributed by atoms with Gasteiger partial charge in [0, 0.05) is 108 Å². The van der Waals surface area contributed by atoms with E-state index in [4.69, 9.17) is 18.0 Å². The summed E-state index contributed by atoms with van der Waals surface area (Å²) in [7, 11) is 0. The molecule has 0 saturated carbocycles. The SMILES string of the molecule is CC1(C)c2ccccc2C2(c3ccccc3-n3c4ccccc4c4cccc2c43)c2ccc(-c3cccc4c3oc3ccccc34)cc21.c1ccc2c(c1)Oc1cc(-c3cccc4c3oc3ccccc34)ccc1C21c2ccccc2-n2c3ccccc3c3cccc1c32.c1ccc2c(c1)Sc1cc(-c3cccc4c3oc3ccccc34)ccc1C21c2ccccc2-n2c3ccccc3c3cccc1c32. The van der Waals surface area contributed by atoms with Crippen LogP contribution in [0.1, 0.15) is 91.7 Å². The summed E-state index contributed by atoms with van der Waals surface area (Å²) in [6.45, 7) is 4.80. The maximum Gasteiger partial charge on any atom is 0.143 e. The number of fused-ring (bicyclic) bond motifs is 42. The van der Waals surface area contributed by atoms with E-state index < -0.39 is 16.2 Å². The van der Waals surface area contributed by atoms with Gasteiger partial charge < -0.3 is 31.7 Å². The lowest BCUT2D eigenvalue weighted by Crippen LogP contribution is -2.44. The topological polar surface area (TPSA) is 63.4 Å². The van der Waals surface area contributed by atoms with Crippen LogP contribution in [0.2, 0.25) is 0 Å². The molecule has 0 N–H and O–H groups in total. The van der Waals surface area contributed by atoms with Crippen LogP contribution >= 0.6 is 11.8 Å². The largest absolute Gasteiger partial charge is 0.457 e. The van der Waals surface area contributed by atoms with E-state index in [2.05, 4.69) is 458 Å². The first-order valence-electron chi connectivity index (χ1n) is 48.4. The zero-order chi connectivity index (χ0) is 91.7. The number of rotatable bonds is 3. The van der Waals surface area contributed by atoms with Gasteiger partial charge in [-0.25, -0.2) is 0 Å². The molecule has 11 heterocycles. The third-order valence-corrected chi connectivity index (χ3v) is 33.1. The van der Waals surface area contributed by atoms with Gasteiger partial charge >= 0.3 is 0 Å². The molecule has 0 amide bonds. The van der Waals surface area contributed by atoms with E-state index in [0.717, 1.165) is 111 Å². The number of furan rings is 3. The van der Waals surface area contributed by atoms with Crippen molar-refractivity contribution < 1.29 is 18.0 Å². The number of hydrogen-bond donors (Lipinski definition) is 0. The van der Waals surface area contributed by atoms with Gasteiger partial charge in [-0.1, -0.05) is 396 Å². The van der Waals surface area contributed by atoms with Crippen LogP contribution in [0.25, 0.3) is 182 Å². The lowest BCUT2D eigenvalue weighted by molar-refractivity contribution is 0.434. The van der Waals surface area contributed by atoms with E-state index >= 15 is 0 Å². The Morgan fingerprint density at radius 3 is 0.986 bits per heavy atom. The second-order valence-corrected chi connectivity index (χ2v) is 39.9. The Kier molecular flexibility index (Phi) is 15.9. The van der Waals surface area contributed by atoms with Crippen LogP contribution in [-0.2, 0) is 21.7 Å². The quantitative estimate of drug-likeness (QED) is 0.176. The van der Waals surface area contributed by atoms with Crippen molar-refractivity contribution in [3.63, 3.8) is 0 Å². The minimum atomic E-state index is -0.575. The van der Waals surface area contributed by atoms with Crippen LogP contribution in [0.4, 0.5) is 0 Å². The van der Waals surface area contributed by atoms with Gasteiger partial charge in [0.05, 0.1) is 66.4 Å². The van der Waals surface area contributed by atoms with Crippen LogP contribution < -0.4 is 4.74 Å². The van der Waals surface area contributed by atoms with E-state index in [1.165, 1.54) is 170 Å². The molecule has 140 heavy (non-hydrogen) atoms. The molecule has 3 atom stereocenters. The Balaban J connectivity index is 0.0000000968. The number of nitrogens with zero attached hydrogens (tertiary/aromatic N) is 3. The van der Waals surface area contributed by atoms with Crippen LogP contribution in [0, 0.1) is 0 Å². The zero-order valence-electron chi connectivity index (χ0n) is 76.2. The van der Waals surface area contributed by atoms with Crippen molar-refractivity contribution in [3.05, 3.63) is 533 Å². The third kappa shape index (κ3) is 10.1. The highest BCUT2D eigenvalue weighted by atomic mass is 32.2. The smallest absolute Gasteiger partial charge is 0.143 e. The van der Waals surface area contributed by atoms with Gasteiger partial charge in [-0.15, -0.1) is 0 Å². The van der Waals surface area contributed by atoms with Crippen molar-refractivity contribution >= 4 is 143 Å². The number of hydrogen-bond acceptors (Lipinski definition) is 5. The normalized spacial score (nSPS) is 16.5. The highest BCUT2D eigenvalue weighted by molar-refractivity contribution is 7.99. The number of benzene rings is 21. The minimum Gasteiger partial charge on any atom is -0.457 e.